The van der Waals surface area contributed by atoms with Gasteiger partial charge in [0.2, 0.25) is 0 Å². The van der Waals surface area contributed by atoms with Gasteiger partial charge in [0.05, 0.1) is 0 Å². The molecule has 1 aromatic rings. The average molecular weight is 554 g/mol. The molecule has 1 aromatic heterocycles. The third-order valence-corrected chi connectivity index (χ3v) is 19.4. The summed E-state index contributed by atoms with van der Waals surface area (Å²) in [5.41, 5.74) is 0. The van der Waals surface area contributed by atoms with Crippen molar-refractivity contribution in [3.63, 3.8) is 0 Å². The molecule has 0 aliphatic carbocycles. The van der Waals surface area contributed by atoms with Crippen molar-refractivity contribution in [3.8, 4) is 0 Å². The SMILES string of the molecule is [Cl][Hg][c]1cc[c]([Hg][Cl])s1. The fraction of sp³-hybridized carbons (Fsp3) is 0. The summed E-state index contributed by atoms with van der Waals surface area (Å²) >= 11 is -0.269. The number of hydrogen-bond acceptors (Lipinski definition) is 1. The first-order valence-electron chi connectivity index (χ1n) is 2.56. The van der Waals surface area contributed by atoms with E-state index >= 15 is 0 Å². The summed E-state index contributed by atoms with van der Waals surface area (Å²) in [5.74, 6) is 0. The van der Waals surface area contributed by atoms with Crippen LogP contribution in [0.5, 0.6) is 0 Å². The molecule has 0 fully saturated rings. The van der Waals surface area contributed by atoms with Crippen LogP contribution in [0.3, 0.4) is 0 Å². The van der Waals surface area contributed by atoms with E-state index in [0.717, 1.165) is 0 Å². The molecule has 0 radical (unpaired) electrons. The van der Waals surface area contributed by atoms with Crippen molar-refractivity contribution in [1.29, 1.82) is 0 Å². The Morgan fingerprint density at radius 2 is 1.56 bits per heavy atom. The van der Waals surface area contributed by atoms with Gasteiger partial charge in [-0.25, -0.2) is 0 Å². The van der Waals surface area contributed by atoms with E-state index in [1.54, 1.807) is 0 Å². The Balaban J connectivity index is 2.74. The quantitative estimate of drug-likeness (QED) is 0.487. The van der Waals surface area contributed by atoms with Crippen LogP contribution in [-0.4, -0.2) is 0 Å². The van der Waals surface area contributed by atoms with Crippen molar-refractivity contribution in [2.24, 2.45) is 0 Å². The molecule has 0 bridgehead atoms. The Kier molecular flexibility index (Phi) is 5.05. The number of hydrogen-bond donors (Lipinski definition) is 0. The summed E-state index contributed by atoms with van der Waals surface area (Å²) in [6, 6.07) is 4.33. The van der Waals surface area contributed by atoms with Gasteiger partial charge in [-0.2, -0.15) is 0 Å². The molecule has 0 amide bonds. The van der Waals surface area contributed by atoms with Crippen molar-refractivity contribution < 1.29 is 46.7 Å². The molecule has 0 spiro atoms. The van der Waals surface area contributed by atoms with Gasteiger partial charge in [-0.3, -0.25) is 0 Å². The van der Waals surface area contributed by atoms with E-state index in [2.05, 4.69) is 12.1 Å². The normalized spacial score (nSPS) is 8.22. The van der Waals surface area contributed by atoms with Gasteiger partial charge in [0.1, 0.15) is 0 Å². The molecule has 1 heterocycles. The molecule has 5 heteroatoms. The number of rotatable bonds is 2. The van der Waals surface area contributed by atoms with E-state index in [9.17, 15) is 0 Å². The molecular weight excluding hydrogens is 552 g/mol. The Labute approximate surface area is 89.7 Å². The van der Waals surface area contributed by atoms with E-state index in [1.807, 2.05) is 11.3 Å². The molecule has 0 saturated carbocycles. The molecule has 0 unspecified atom stereocenters. The van der Waals surface area contributed by atoms with Gasteiger partial charge in [-0.1, -0.05) is 0 Å². The Hall–Kier alpha value is 2.15. The third-order valence-electron chi connectivity index (χ3n) is 0.981. The fourth-order valence-electron chi connectivity index (χ4n) is 0.566. The first-order chi connectivity index (χ1) is 4.36. The molecule has 0 aromatic carbocycles. The standard InChI is InChI=1S/C4H2S.2ClH.2Hg/c1-2-4-5-3-1;;;;/h1-2H;2*1H;;/q;;;2*+1/p-2. The van der Waals surface area contributed by atoms with Crippen LogP contribution < -0.4 is 4.77 Å². The summed E-state index contributed by atoms with van der Waals surface area (Å²) in [7, 11) is 11.6. The van der Waals surface area contributed by atoms with Crippen molar-refractivity contribution in [3.05, 3.63) is 12.1 Å². The molecule has 0 aliphatic rings. The maximum absolute atomic E-state index is 5.81. The monoisotopic (exact) mass is 556 g/mol. The van der Waals surface area contributed by atoms with Crippen LogP contribution >= 0.6 is 27.8 Å². The van der Waals surface area contributed by atoms with Crippen LogP contribution in [-0.2, 0) is 46.7 Å². The van der Waals surface area contributed by atoms with Gasteiger partial charge in [-0.05, 0) is 0 Å². The molecule has 9 heavy (non-hydrogen) atoms. The van der Waals surface area contributed by atoms with Crippen LogP contribution in [0.4, 0.5) is 0 Å². The van der Waals surface area contributed by atoms with Gasteiger partial charge >= 0.3 is 91.4 Å². The van der Waals surface area contributed by atoms with Gasteiger partial charge in [-0.15, -0.1) is 0 Å². The second-order valence-electron chi connectivity index (χ2n) is 1.64. The van der Waals surface area contributed by atoms with Crippen molar-refractivity contribution in [2.75, 3.05) is 0 Å². The molecule has 0 N–H and O–H groups in total. The van der Waals surface area contributed by atoms with Gasteiger partial charge in [0.25, 0.3) is 0 Å². The minimum atomic E-state index is -1.07. The molecule has 0 atom stereocenters. The van der Waals surface area contributed by atoms with Crippen LogP contribution in [0.25, 0.3) is 0 Å². The van der Waals surface area contributed by atoms with Crippen LogP contribution in [0, 0.1) is 0 Å². The summed E-state index contributed by atoms with van der Waals surface area (Å²) in [5, 5.41) is 0. The van der Waals surface area contributed by atoms with E-state index in [-0.39, 0.29) is 0 Å². The van der Waals surface area contributed by atoms with E-state index in [4.69, 9.17) is 16.5 Å². The molecule has 0 nitrogen and oxygen atoms in total. The molecular formula is C4H2Cl2Hg2S. The summed E-state index contributed by atoms with van der Waals surface area (Å²) in [4.78, 5) is 0. The first kappa shape index (κ1) is 9.24. The predicted molar refractivity (Wildman–Crippen MR) is 35.3 cm³/mol. The van der Waals surface area contributed by atoms with Crippen molar-refractivity contribution in [2.45, 2.75) is 0 Å². The summed E-state index contributed by atoms with van der Waals surface area (Å²) in [6.07, 6.45) is 0. The molecule has 42 valence electrons. The minimum absolute atomic E-state index is 1.07. The predicted octanol–water partition coefficient (Wildman–Crippen LogP) is 1.47. The van der Waals surface area contributed by atoms with Crippen molar-refractivity contribution >= 4 is 32.6 Å². The Bertz CT molecular complexity index is 170. The summed E-state index contributed by atoms with van der Waals surface area (Å²) in [6.45, 7) is 0. The zero-order chi connectivity index (χ0) is 6.69. The van der Waals surface area contributed by atoms with Crippen LogP contribution in [0.15, 0.2) is 12.1 Å². The number of halogens is 2. The van der Waals surface area contributed by atoms with Crippen LogP contribution in [0.2, 0.25) is 0 Å². The van der Waals surface area contributed by atoms with E-state index in [0.29, 0.717) is 0 Å². The first-order valence-corrected chi connectivity index (χ1v) is 22.4. The zero-order valence-electron chi connectivity index (χ0n) is 4.73. The zero-order valence-corrected chi connectivity index (χ0v) is 18.1. The van der Waals surface area contributed by atoms with Crippen LogP contribution in [0.1, 0.15) is 0 Å². The summed E-state index contributed by atoms with van der Waals surface area (Å²) < 4.78 is 2.93. The maximum atomic E-state index is 5.81. The van der Waals surface area contributed by atoms with Gasteiger partial charge < -0.3 is 0 Å². The second kappa shape index (κ2) is 4.91. The molecule has 0 saturated heterocycles. The third kappa shape index (κ3) is 2.94. The van der Waals surface area contributed by atoms with Crippen molar-refractivity contribution in [1.82, 2.24) is 0 Å². The Morgan fingerprint density at radius 1 is 1.11 bits per heavy atom. The van der Waals surface area contributed by atoms with Gasteiger partial charge in [0, 0.05) is 0 Å². The molecule has 0 aliphatic heterocycles. The second-order valence-corrected chi connectivity index (χ2v) is 19.6. The topological polar surface area (TPSA) is 0 Å². The number of thiophene rings is 1. The average Bonchev–Trinajstić information content (AvgIpc) is 2.34. The van der Waals surface area contributed by atoms with E-state index in [1.165, 1.54) is 4.77 Å². The van der Waals surface area contributed by atoms with Gasteiger partial charge in [0.15, 0.2) is 0 Å². The Morgan fingerprint density at radius 3 is 1.78 bits per heavy atom. The van der Waals surface area contributed by atoms with E-state index < -0.39 is 46.7 Å². The molecule has 1 rings (SSSR count). The fourth-order valence-corrected chi connectivity index (χ4v) is 22.2.